The molecule has 0 atom stereocenters. The summed E-state index contributed by atoms with van der Waals surface area (Å²) in [6.07, 6.45) is 1.56. The zero-order chi connectivity index (χ0) is 14.1. The largest absolute Gasteiger partial charge is 0.481 e. The molecule has 3 aromatic rings. The smallest absolute Gasteiger partial charge is 0.313 e. The van der Waals surface area contributed by atoms with E-state index in [-0.39, 0.29) is 5.75 Å². The molecule has 3 heterocycles. The van der Waals surface area contributed by atoms with Crippen LogP contribution in [0.5, 0.6) is 0 Å². The van der Waals surface area contributed by atoms with Crippen LogP contribution in [0.3, 0.4) is 0 Å². The standard InChI is InChI=1S/C12H8ClN3O2S2/c13-7-3-9-11(14-4-7)16(8-1-2-19-5-8)12(15-9)20-6-10(17)18/h1-5H,6H2,(H,17,18). The predicted octanol–water partition coefficient (Wildman–Crippen LogP) is 3.31. The van der Waals surface area contributed by atoms with Crippen LogP contribution in [-0.2, 0) is 4.79 Å². The number of nitrogens with zero attached hydrogens (tertiary/aromatic N) is 3. The van der Waals surface area contributed by atoms with Crippen LogP contribution < -0.4 is 0 Å². The van der Waals surface area contributed by atoms with Crippen LogP contribution in [0.4, 0.5) is 0 Å². The van der Waals surface area contributed by atoms with Crippen LogP contribution in [0.2, 0.25) is 5.02 Å². The maximum atomic E-state index is 10.7. The highest BCUT2D eigenvalue weighted by Gasteiger charge is 2.15. The Morgan fingerprint density at radius 2 is 2.40 bits per heavy atom. The molecule has 0 radical (unpaired) electrons. The zero-order valence-corrected chi connectivity index (χ0v) is 12.4. The highest BCUT2D eigenvalue weighted by atomic mass is 35.5. The number of pyridine rings is 1. The second kappa shape index (κ2) is 5.43. The van der Waals surface area contributed by atoms with Crippen molar-refractivity contribution >= 4 is 51.8 Å². The minimum atomic E-state index is -0.884. The average molecular weight is 326 g/mol. The van der Waals surface area contributed by atoms with E-state index in [9.17, 15) is 4.79 Å². The van der Waals surface area contributed by atoms with Crippen molar-refractivity contribution in [3.63, 3.8) is 0 Å². The number of hydrogen-bond acceptors (Lipinski definition) is 5. The summed E-state index contributed by atoms with van der Waals surface area (Å²) in [6.45, 7) is 0. The summed E-state index contributed by atoms with van der Waals surface area (Å²) in [5.41, 5.74) is 2.23. The number of imidazole rings is 1. The number of carboxylic acid groups (broad SMARTS) is 1. The third-order valence-corrected chi connectivity index (χ3v) is 4.32. The van der Waals surface area contributed by atoms with Gasteiger partial charge in [0.15, 0.2) is 10.8 Å². The molecule has 20 heavy (non-hydrogen) atoms. The van der Waals surface area contributed by atoms with Crippen molar-refractivity contribution in [1.29, 1.82) is 0 Å². The van der Waals surface area contributed by atoms with E-state index in [0.717, 1.165) is 17.4 Å². The van der Waals surface area contributed by atoms with Crippen molar-refractivity contribution < 1.29 is 9.90 Å². The van der Waals surface area contributed by atoms with Crippen LogP contribution in [0.1, 0.15) is 0 Å². The fourth-order valence-corrected chi connectivity index (χ4v) is 3.27. The fourth-order valence-electron chi connectivity index (χ4n) is 1.76. The maximum absolute atomic E-state index is 10.7. The molecule has 3 rings (SSSR count). The van der Waals surface area contributed by atoms with Crippen LogP contribution in [-0.4, -0.2) is 31.4 Å². The lowest BCUT2D eigenvalue weighted by Gasteiger charge is -2.04. The van der Waals surface area contributed by atoms with Gasteiger partial charge in [-0.2, -0.15) is 11.3 Å². The molecule has 5 nitrogen and oxygen atoms in total. The molecule has 0 aliphatic rings. The Morgan fingerprint density at radius 3 is 3.10 bits per heavy atom. The first-order valence-corrected chi connectivity index (χ1v) is 7.87. The minimum Gasteiger partial charge on any atom is -0.481 e. The Bertz CT molecular complexity index is 770. The summed E-state index contributed by atoms with van der Waals surface area (Å²) in [7, 11) is 0. The van der Waals surface area contributed by atoms with Crippen LogP contribution in [0.25, 0.3) is 16.9 Å². The van der Waals surface area contributed by atoms with Gasteiger partial charge in [-0.25, -0.2) is 9.97 Å². The van der Waals surface area contributed by atoms with Crippen molar-refractivity contribution in [2.24, 2.45) is 0 Å². The molecule has 0 aliphatic carbocycles. The van der Waals surface area contributed by atoms with Crippen molar-refractivity contribution in [2.75, 3.05) is 5.75 Å². The maximum Gasteiger partial charge on any atom is 0.313 e. The molecule has 0 fully saturated rings. The zero-order valence-electron chi connectivity index (χ0n) is 9.99. The van der Waals surface area contributed by atoms with Crippen LogP contribution in [0.15, 0.2) is 34.2 Å². The number of halogens is 1. The number of aromatic nitrogens is 3. The van der Waals surface area contributed by atoms with E-state index in [4.69, 9.17) is 16.7 Å². The SMILES string of the molecule is O=C(O)CSc1nc2cc(Cl)cnc2n1-c1ccsc1. The average Bonchev–Trinajstić information content (AvgIpc) is 3.01. The second-order valence-corrected chi connectivity index (χ2v) is 6.05. The number of aliphatic carboxylic acids is 1. The van der Waals surface area contributed by atoms with Crippen molar-refractivity contribution in [3.05, 3.63) is 34.1 Å². The number of hydrogen-bond donors (Lipinski definition) is 1. The third-order valence-electron chi connectivity index (χ3n) is 2.52. The number of fused-ring (bicyclic) bond motifs is 1. The molecule has 102 valence electrons. The first-order valence-electron chi connectivity index (χ1n) is 5.56. The molecule has 0 amide bonds. The first-order chi connectivity index (χ1) is 9.65. The van der Waals surface area contributed by atoms with Gasteiger partial charge in [0.05, 0.1) is 16.5 Å². The van der Waals surface area contributed by atoms with E-state index in [1.54, 1.807) is 23.6 Å². The van der Waals surface area contributed by atoms with Gasteiger partial charge < -0.3 is 5.11 Å². The molecular weight excluding hydrogens is 318 g/mol. The van der Waals surface area contributed by atoms with E-state index >= 15 is 0 Å². The minimum absolute atomic E-state index is 0.0544. The molecule has 0 aliphatic heterocycles. The quantitative estimate of drug-likeness (QED) is 0.745. The molecular formula is C12H8ClN3O2S2. The Balaban J connectivity index is 2.16. The molecule has 0 saturated carbocycles. The topological polar surface area (TPSA) is 68.0 Å². The lowest BCUT2D eigenvalue weighted by molar-refractivity contribution is -0.133. The Kier molecular flexibility index (Phi) is 3.64. The summed E-state index contributed by atoms with van der Waals surface area (Å²) in [6, 6.07) is 3.66. The normalized spacial score (nSPS) is 11.1. The second-order valence-electron chi connectivity index (χ2n) is 3.89. The van der Waals surface area contributed by atoms with E-state index in [1.165, 1.54) is 0 Å². The van der Waals surface area contributed by atoms with Crippen molar-refractivity contribution in [3.8, 4) is 5.69 Å². The summed E-state index contributed by atoms with van der Waals surface area (Å²) in [5, 5.41) is 13.8. The Labute approximate surface area is 127 Å². The van der Waals surface area contributed by atoms with Gasteiger partial charge in [-0.05, 0) is 17.5 Å². The van der Waals surface area contributed by atoms with Crippen molar-refractivity contribution in [2.45, 2.75) is 5.16 Å². The van der Waals surface area contributed by atoms with Gasteiger partial charge in [0.2, 0.25) is 0 Å². The van der Waals surface area contributed by atoms with E-state index in [1.807, 2.05) is 21.4 Å². The molecule has 0 bridgehead atoms. The number of thiophene rings is 1. The van der Waals surface area contributed by atoms with Gasteiger partial charge in [-0.1, -0.05) is 23.4 Å². The molecule has 0 unspecified atom stereocenters. The van der Waals surface area contributed by atoms with Gasteiger partial charge in [-0.3, -0.25) is 9.36 Å². The molecule has 0 saturated heterocycles. The highest BCUT2D eigenvalue weighted by Crippen LogP contribution is 2.28. The highest BCUT2D eigenvalue weighted by molar-refractivity contribution is 7.99. The molecule has 3 aromatic heterocycles. The Morgan fingerprint density at radius 1 is 1.55 bits per heavy atom. The molecule has 1 N–H and O–H groups in total. The summed E-state index contributed by atoms with van der Waals surface area (Å²) in [4.78, 5) is 19.5. The van der Waals surface area contributed by atoms with E-state index in [2.05, 4.69) is 9.97 Å². The number of carbonyl (C=O) groups is 1. The summed E-state index contributed by atoms with van der Waals surface area (Å²) < 4.78 is 1.84. The molecule has 0 spiro atoms. The summed E-state index contributed by atoms with van der Waals surface area (Å²) >= 11 is 8.64. The van der Waals surface area contributed by atoms with Gasteiger partial charge in [0.25, 0.3) is 0 Å². The van der Waals surface area contributed by atoms with Crippen LogP contribution >= 0.6 is 34.7 Å². The van der Waals surface area contributed by atoms with Gasteiger partial charge in [-0.15, -0.1) is 0 Å². The first kappa shape index (κ1) is 13.4. The van der Waals surface area contributed by atoms with Crippen LogP contribution in [0, 0.1) is 0 Å². The summed E-state index contributed by atoms with van der Waals surface area (Å²) in [5.74, 6) is -0.939. The molecule has 8 heteroatoms. The van der Waals surface area contributed by atoms with E-state index < -0.39 is 5.97 Å². The fraction of sp³-hybridized carbons (Fsp3) is 0.0833. The van der Waals surface area contributed by atoms with Gasteiger partial charge in [0.1, 0.15) is 5.52 Å². The number of carboxylic acids is 1. The molecule has 0 aromatic carbocycles. The van der Waals surface area contributed by atoms with Gasteiger partial charge in [0, 0.05) is 11.6 Å². The monoisotopic (exact) mass is 325 g/mol. The third kappa shape index (κ3) is 2.52. The Hall–Kier alpha value is -1.57. The predicted molar refractivity (Wildman–Crippen MR) is 80.1 cm³/mol. The van der Waals surface area contributed by atoms with E-state index in [0.29, 0.717) is 21.3 Å². The number of thioether (sulfide) groups is 1. The number of rotatable bonds is 4. The van der Waals surface area contributed by atoms with Gasteiger partial charge >= 0.3 is 5.97 Å². The lowest BCUT2D eigenvalue weighted by atomic mass is 10.4. The van der Waals surface area contributed by atoms with Crippen molar-refractivity contribution in [1.82, 2.24) is 14.5 Å². The lowest BCUT2D eigenvalue weighted by Crippen LogP contribution is -2.01.